The van der Waals surface area contributed by atoms with E-state index in [1.807, 2.05) is 24.5 Å². The lowest BCUT2D eigenvalue weighted by atomic mass is 10.2. The highest BCUT2D eigenvalue weighted by molar-refractivity contribution is 7.98. The van der Waals surface area contributed by atoms with Crippen LogP contribution >= 0.6 is 11.8 Å². The second kappa shape index (κ2) is 6.23. The molecule has 0 amide bonds. The normalized spacial score (nSPS) is 8.35. The number of rotatable bonds is 3. The average molecular weight is 240 g/mol. The number of nitrogens with zero attached hydrogens (tertiary/aromatic N) is 3. The maximum absolute atomic E-state index is 8.87. The average Bonchev–Trinajstić information content (AvgIpc) is 2.39. The summed E-state index contributed by atoms with van der Waals surface area (Å²) in [5.74, 6) is 0. The van der Waals surface area contributed by atoms with Gasteiger partial charge in [0.15, 0.2) is 5.57 Å². The van der Waals surface area contributed by atoms with Crippen molar-refractivity contribution in [3.05, 3.63) is 35.5 Å². The molecule has 0 unspecified atom stereocenters. The van der Waals surface area contributed by atoms with Crippen LogP contribution in [-0.2, 0) is 0 Å². The summed E-state index contributed by atoms with van der Waals surface area (Å²) < 4.78 is 0. The van der Waals surface area contributed by atoms with E-state index in [0.717, 1.165) is 4.90 Å². The first kappa shape index (κ1) is 12.6. The van der Waals surface area contributed by atoms with Crippen LogP contribution in [0.5, 0.6) is 0 Å². The van der Waals surface area contributed by atoms with Crippen LogP contribution in [0.3, 0.4) is 0 Å². The van der Waals surface area contributed by atoms with Crippen molar-refractivity contribution in [3.63, 3.8) is 0 Å². The maximum atomic E-state index is 8.87. The number of hydrogen-bond acceptors (Lipinski definition) is 5. The van der Waals surface area contributed by atoms with Crippen LogP contribution in [0.4, 0.5) is 5.69 Å². The van der Waals surface area contributed by atoms with E-state index >= 15 is 0 Å². The molecule has 1 rings (SSSR count). The zero-order chi connectivity index (χ0) is 12.7. The molecule has 0 aromatic heterocycles. The highest BCUT2D eigenvalue weighted by Crippen LogP contribution is 2.20. The van der Waals surface area contributed by atoms with Crippen LogP contribution in [0.25, 0.3) is 0 Å². The zero-order valence-electron chi connectivity index (χ0n) is 9.06. The first-order valence-electron chi connectivity index (χ1n) is 4.60. The molecule has 0 heterocycles. The molecule has 0 saturated heterocycles. The van der Waals surface area contributed by atoms with Gasteiger partial charge in [-0.25, -0.2) is 0 Å². The van der Waals surface area contributed by atoms with Crippen molar-refractivity contribution >= 4 is 17.4 Å². The third-order valence-electron chi connectivity index (χ3n) is 1.92. The van der Waals surface area contributed by atoms with E-state index in [2.05, 4.69) is 5.32 Å². The van der Waals surface area contributed by atoms with Gasteiger partial charge in [-0.2, -0.15) is 15.8 Å². The summed E-state index contributed by atoms with van der Waals surface area (Å²) in [6.07, 6.45) is 1.94. The van der Waals surface area contributed by atoms with E-state index in [1.165, 1.54) is 0 Å². The molecular formula is C12H8N4S. The molecule has 1 aromatic rings. The maximum Gasteiger partial charge on any atom is 0.163 e. The van der Waals surface area contributed by atoms with Gasteiger partial charge < -0.3 is 5.32 Å². The van der Waals surface area contributed by atoms with Crippen LogP contribution in [-0.4, -0.2) is 6.26 Å². The van der Waals surface area contributed by atoms with E-state index in [-0.39, 0.29) is 11.3 Å². The fourth-order valence-electron chi connectivity index (χ4n) is 1.13. The van der Waals surface area contributed by atoms with Gasteiger partial charge in [0.1, 0.15) is 23.9 Å². The Hall–Kier alpha value is -2.42. The summed E-state index contributed by atoms with van der Waals surface area (Å²) in [5.41, 5.74) is 0.423. The molecular weight excluding hydrogens is 232 g/mol. The van der Waals surface area contributed by atoms with E-state index in [0.29, 0.717) is 5.69 Å². The van der Waals surface area contributed by atoms with Gasteiger partial charge in [0.2, 0.25) is 0 Å². The first-order chi connectivity index (χ1) is 8.24. The predicted octanol–water partition coefficient (Wildman–Crippen LogP) is 2.65. The molecule has 0 spiro atoms. The molecule has 4 nitrogen and oxygen atoms in total. The number of anilines is 1. The molecule has 0 fully saturated rings. The highest BCUT2D eigenvalue weighted by atomic mass is 32.2. The van der Waals surface area contributed by atoms with E-state index in [4.69, 9.17) is 15.8 Å². The Kier molecular flexibility index (Phi) is 4.63. The van der Waals surface area contributed by atoms with Crippen LogP contribution in [0, 0.1) is 34.0 Å². The second-order valence-electron chi connectivity index (χ2n) is 2.94. The van der Waals surface area contributed by atoms with Crippen molar-refractivity contribution < 1.29 is 0 Å². The summed E-state index contributed by atoms with van der Waals surface area (Å²) >= 11 is 1.57. The van der Waals surface area contributed by atoms with Crippen molar-refractivity contribution in [2.75, 3.05) is 11.6 Å². The molecule has 1 aromatic carbocycles. The Labute approximate surface area is 104 Å². The van der Waals surface area contributed by atoms with Crippen LogP contribution < -0.4 is 5.32 Å². The summed E-state index contributed by atoms with van der Waals surface area (Å²) in [7, 11) is 0. The van der Waals surface area contributed by atoms with Crippen LogP contribution in [0.1, 0.15) is 0 Å². The standard InChI is InChI=1S/C12H8N4S/c1-17-11-4-2-3-10(5-11)16-12(8-15)9(6-13)7-14/h2-5,16H,1H3. The summed E-state index contributed by atoms with van der Waals surface area (Å²) in [6.45, 7) is 0. The van der Waals surface area contributed by atoms with Gasteiger partial charge >= 0.3 is 0 Å². The van der Waals surface area contributed by atoms with Gasteiger partial charge in [0, 0.05) is 10.6 Å². The van der Waals surface area contributed by atoms with Gasteiger partial charge in [-0.05, 0) is 24.5 Å². The van der Waals surface area contributed by atoms with Crippen molar-refractivity contribution in [1.29, 1.82) is 15.8 Å². The molecule has 0 atom stereocenters. The largest absolute Gasteiger partial charge is 0.345 e. The Morgan fingerprint density at radius 1 is 1.18 bits per heavy atom. The second-order valence-corrected chi connectivity index (χ2v) is 3.82. The Bertz CT molecular complexity index is 553. The third kappa shape index (κ3) is 3.28. The number of allylic oxidation sites excluding steroid dienone is 2. The predicted molar refractivity (Wildman–Crippen MR) is 65.7 cm³/mol. The summed E-state index contributed by atoms with van der Waals surface area (Å²) in [5, 5.41) is 29.0. The van der Waals surface area contributed by atoms with Crippen molar-refractivity contribution in [1.82, 2.24) is 0 Å². The Balaban J connectivity index is 3.06. The van der Waals surface area contributed by atoms with Crippen LogP contribution in [0.2, 0.25) is 0 Å². The molecule has 5 heteroatoms. The monoisotopic (exact) mass is 240 g/mol. The molecule has 0 bridgehead atoms. The minimum Gasteiger partial charge on any atom is -0.345 e. The van der Waals surface area contributed by atoms with E-state index < -0.39 is 0 Å². The lowest BCUT2D eigenvalue weighted by molar-refractivity contribution is 1.35. The first-order valence-corrected chi connectivity index (χ1v) is 5.83. The van der Waals surface area contributed by atoms with Crippen molar-refractivity contribution in [2.24, 2.45) is 0 Å². The SMILES string of the molecule is CSc1cccc(NC(C#N)=C(C#N)C#N)c1. The molecule has 0 aliphatic carbocycles. The Morgan fingerprint density at radius 3 is 2.41 bits per heavy atom. The van der Waals surface area contributed by atoms with Gasteiger partial charge in [-0.3, -0.25) is 0 Å². The number of nitrogens with one attached hydrogen (secondary N) is 1. The molecule has 0 aliphatic heterocycles. The number of hydrogen-bond donors (Lipinski definition) is 1. The Morgan fingerprint density at radius 2 is 1.88 bits per heavy atom. The quantitative estimate of drug-likeness (QED) is 0.648. The van der Waals surface area contributed by atoms with Gasteiger partial charge in [0.25, 0.3) is 0 Å². The lowest BCUT2D eigenvalue weighted by Gasteiger charge is -2.05. The molecule has 82 valence electrons. The molecule has 1 N–H and O–H groups in total. The number of thioether (sulfide) groups is 1. The number of benzene rings is 1. The van der Waals surface area contributed by atoms with E-state index in [1.54, 1.807) is 36.0 Å². The molecule has 0 radical (unpaired) electrons. The van der Waals surface area contributed by atoms with Gasteiger partial charge in [-0.1, -0.05) is 6.07 Å². The van der Waals surface area contributed by atoms with Gasteiger partial charge in [-0.15, -0.1) is 11.8 Å². The fraction of sp³-hybridized carbons (Fsp3) is 0.0833. The van der Waals surface area contributed by atoms with E-state index in [9.17, 15) is 0 Å². The summed E-state index contributed by atoms with van der Waals surface area (Å²) in [6, 6.07) is 12.5. The minimum atomic E-state index is -0.220. The topological polar surface area (TPSA) is 83.4 Å². The van der Waals surface area contributed by atoms with Crippen molar-refractivity contribution in [3.8, 4) is 18.2 Å². The molecule has 0 saturated carbocycles. The smallest absolute Gasteiger partial charge is 0.163 e. The zero-order valence-corrected chi connectivity index (χ0v) is 9.88. The van der Waals surface area contributed by atoms with Crippen LogP contribution in [0.15, 0.2) is 40.4 Å². The summed E-state index contributed by atoms with van der Waals surface area (Å²) in [4.78, 5) is 1.03. The highest BCUT2D eigenvalue weighted by Gasteiger charge is 2.05. The number of nitriles is 3. The lowest BCUT2D eigenvalue weighted by Crippen LogP contribution is -2.00. The molecule has 17 heavy (non-hydrogen) atoms. The van der Waals surface area contributed by atoms with Crippen molar-refractivity contribution in [2.45, 2.75) is 4.90 Å². The molecule has 0 aliphatic rings. The minimum absolute atomic E-state index is 0.0340. The van der Waals surface area contributed by atoms with Gasteiger partial charge in [0.05, 0.1) is 0 Å². The fourth-order valence-corrected chi connectivity index (χ4v) is 1.59. The third-order valence-corrected chi connectivity index (χ3v) is 2.65.